The van der Waals surface area contributed by atoms with Crippen molar-refractivity contribution in [1.82, 2.24) is 0 Å². The third-order valence-corrected chi connectivity index (χ3v) is 1.67. The molecular formula is C10H12O2. The molecule has 12 heavy (non-hydrogen) atoms. The van der Waals surface area contributed by atoms with Gasteiger partial charge in [0.25, 0.3) is 0 Å². The number of aryl methyl sites for hydroxylation is 1. The molecule has 1 heterocycles. The molecule has 0 fully saturated rings. The van der Waals surface area contributed by atoms with Crippen LogP contribution in [0.3, 0.4) is 0 Å². The van der Waals surface area contributed by atoms with Crippen LogP contribution >= 0.6 is 0 Å². The Labute approximate surface area is 72.2 Å². The smallest absolute Gasteiger partial charge is 0.133 e. The van der Waals surface area contributed by atoms with Crippen molar-refractivity contribution in [2.24, 2.45) is 0 Å². The lowest BCUT2D eigenvalue weighted by Crippen LogP contribution is -1.92. The Bertz CT molecular complexity index is 280. The largest absolute Gasteiger partial charge is 0.463 e. The Morgan fingerprint density at radius 1 is 1.67 bits per heavy atom. The van der Waals surface area contributed by atoms with E-state index in [4.69, 9.17) is 10.8 Å². The molecule has 0 amide bonds. The van der Waals surface area contributed by atoms with Gasteiger partial charge in [-0.15, -0.1) is 12.3 Å². The van der Waals surface area contributed by atoms with Crippen LogP contribution in [-0.4, -0.2) is 5.11 Å². The summed E-state index contributed by atoms with van der Waals surface area (Å²) in [6.45, 7) is 2.00. The average molecular weight is 164 g/mol. The van der Waals surface area contributed by atoms with Crippen LogP contribution in [0.2, 0.25) is 0 Å². The second kappa shape index (κ2) is 3.99. The summed E-state index contributed by atoms with van der Waals surface area (Å²) in [6, 6.07) is 3.62. The zero-order valence-electron chi connectivity index (χ0n) is 7.08. The molecule has 2 nitrogen and oxygen atoms in total. The van der Waals surface area contributed by atoms with Crippen LogP contribution in [0.25, 0.3) is 0 Å². The highest BCUT2D eigenvalue weighted by molar-refractivity contribution is 5.10. The van der Waals surface area contributed by atoms with Crippen molar-refractivity contribution in [3.8, 4) is 12.3 Å². The molecule has 0 bridgehead atoms. The lowest BCUT2D eigenvalue weighted by molar-refractivity contribution is 0.153. The lowest BCUT2D eigenvalue weighted by atomic mass is 10.2. The van der Waals surface area contributed by atoms with E-state index in [0.717, 1.165) is 12.2 Å². The van der Waals surface area contributed by atoms with Gasteiger partial charge in [-0.2, -0.15) is 0 Å². The molecule has 0 saturated carbocycles. The quantitative estimate of drug-likeness (QED) is 0.692. The number of hydrogen-bond donors (Lipinski definition) is 1. The second-order valence-corrected chi connectivity index (χ2v) is 2.58. The molecule has 1 aromatic heterocycles. The number of furan rings is 1. The van der Waals surface area contributed by atoms with Crippen LogP contribution < -0.4 is 0 Å². The summed E-state index contributed by atoms with van der Waals surface area (Å²) in [7, 11) is 0. The van der Waals surface area contributed by atoms with Crippen LogP contribution in [0.5, 0.6) is 0 Å². The van der Waals surface area contributed by atoms with Crippen LogP contribution in [0.4, 0.5) is 0 Å². The van der Waals surface area contributed by atoms with E-state index >= 15 is 0 Å². The molecule has 1 aromatic rings. The zero-order valence-corrected chi connectivity index (χ0v) is 7.08. The average Bonchev–Trinajstić information content (AvgIpc) is 2.52. The van der Waals surface area contributed by atoms with Gasteiger partial charge in [-0.25, -0.2) is 0 Å². The SMILES string of the molecule is C#CCC(O)c1ccc(CC)o1. The molecule has 0 aliphatic carbocycles. The van der Waals surface area contributed by atoms with Crippen molar-refractivity contribution >= 4 is 0 Å². The summed E-state index contributed by atoms with van der Waals surface area (Å²) in [5.41, 5.74) is 0. The highest BCUT2D eigenvalue weighted by Crippen LogP contribution is 2.18. The molecule has 0 saturated heterocycles. The number of hydrogen-bond acceptors (Lipinski definition) is 2. The molecular weight excluding hydrogens is 152 g/mol. The van der Waals surface area contributed by atoms with E-state index < -0.39 is 6.10 Å². The Morgan fingerprint density at radius 2 is 2.42 bits per heavy atom. The fourth-order valence-electron chi connectivity index (χ4n) is 0.976. The van der Waals surface area contributed by atoms with Gasteiger partial charge in [0.15, 0.2) is 0 Å². The van der Waals surface area contributed by atoms with Crippen molar-refractivity contribution in [2.75, 3.05) is 0 Å². The highest BCUT2D eigenvalue weighted by Gasteiger charge is 2.09. The maximum absolute atomic E-state index is 9.39. The van der Waals surface area contributed by atoms with E-state index in [1.165, 1.54) is 0 Å². The van der Waals surface area contributed by atoms with Crippen LogP contribution in [0, 0.1) is 12.3 Å². The van der Waals surface area contributed by atoms with Crippen molar-refractivity contribution in [3.05, 3.63) is 23.7 Å². The summed E-state index contributed by atoms with van der Waals surface area (Å²) in [5, 5.41) is 9.39. The molecule has 64 valence electrons. The first-order chi connectivity index (χ1) is 5.77. The Kier molecular flexibility index (Phi) is 2.95. The standard InChI is InChI=1S/C10H12O2/c1-3-5-9(11)10-7-6-8(4-2)12-10/h1,6-7,9,11H,4-5H2,2H3. The molecule has 1 rings (SSSR count). The molecule has 1 atom stereocenters. The van der Waals surface area contributed by atoms with E-state index in [2.05, 4.69) is 5.92 Å². The first-order valence-corrected chi connectivity index (χ1v) is 3.98. The third kappa shape index (κ3) is 1.90. The molecule has 0 aliphatic heterocycles. The summed E-state index contributed by atoms with van der Waals surface area (Å²) in [6.07, 6.45) is 5.54. The molecule has 0 radical (unpaired) electrons. The van der Waals surface area contributed by atoms with E-state index in [1.54, 1.807) is 6.07 Å². The normalized spacial score (nSPS) is 12.4. The van der Waals surface area contributed by atoms with Gasteiger partial charge in [0.2, 0.25) is 0 Å². The van der Waals surface area contributed by atoms with Crippen LogP contribution in [-0.2, 0) is 6.42 Å². The lowest BCUT2D eigenvalue weighted by Gasteiger charge is -2.01. The predicted molar refractivity (Wildman–Crippen MR) is 46.5 cm³/mol. The van der Waals surface area contributed by atoms with Gasteiger partial charge in [-0.05, 0) is 12.1 Å². The van der Waals surface area contributed by atoms with E-state index in [9.17, 15) is 5.11 Å². The summed E-state index contributed by atoms with van der Waals surface area (Å²) < 4.78 is 5.30. The number of aliphatic hydroxyl groups is 1. The molecule has 1 N–H and O–H groups in total. The van der Waals surface area contributed by atoms with Crippen molar-refractivity contribution in [3.63, 3.8) is 0 Å². The molecule has 2 heteroatoms. The van der Waals surface area contributed by atoms with Crippen LogP contribution in [0.15, 0.2) is 16.5 Å². The van der Waals surface area contributed by atoms with E-state index in [-0.39, 0.29) is 0 Å². The minimum atomic E-state index is -0.657. The van der Waals surface area contributed by atoms with Gasteiger partial charge in [0, 0.05) is 12.8 Å². The summed E-state index contributed by atoms with van der Waals surface area (Å²) in [4.78, 5) is 0. The molecule has 0 aliphatic rings. The Morgan fingerprint density at radius 3 is 2.92 bits per heavy atom. The van der Waals surface area contributed by atoms with Gasteiger partial charge in [-0.1, -0.05) is 6.92 Å². The first kappa shape index (κ1) is 8.89. The minimum absolute atomic E-state index is 0.302. The zero-order chi connectivity index (χ0) is 8.97. The van der Waals surface area contributed by atoms with Crippen molar-refractivity contribution in [2.45, 2.75) is 25.9 Å². The van der Waals surface area contributed by atoms with Gasteiger partial charge >= 0.3 is 0 Å². The summed E-state index contributed by atoms with van der Waals surface area (Å²) >= 11 is 0. The predicted octanol–water partition coefficient (Wildman–Crippen LogP) is 1.90. The van der Waals surface area contributed by atoms with Crippen molar-refractivity contribution < 1.29 is 9.52 Å². The maximum atomic E-state index is 9.39. The molecule has 0 spiro atoms. The number of aliphatic hydroxyl groups excluding tert-OH is 1. The van der Waals surface area contributed by atoms with Gasteiger partial charge in [-0.3, -0.25) is 0 Å². The molecule has 1 unspecified atom stereocenters. The topological polar surface area (TPSA) is 33.4 Å². The van der Waals surface area contributed by atoms with Crippen molar-refractivity contribution in [1.29, 1.82) is 0 Å². The van der Waals surface area contributed by atoms with E-state index in [1.807, 2.05) is 13.0 Å². The fourth-order valence-corrected chi connectivity index (χ4v) is 0.976. The minimum Gasteiger partial charge on any atom is -0.463 e. The highest BCUT2D eigenvalue weighted by atomic mass is 16.4. The van der Waals surface area contributed by atoms with Crippen LogP contribution in [0.1, 0.15) is 31.0 Å². The first-order valence-electron chi connectivity index (χ1n) is 3.98. The Hall–Kier alpha value is -1.20. The maximum Gasteiger partial charge on any atom is 0.133 e. The summed E-state index contributed by atoms with van der Waals surface area (Å²) in [5.74, 6) is 3.82. The third-order valence-electron chi connectivity index (χ3n) is 1.67. The number of terminal acetylenes is 1. The van der Waals surface area contributed by atoms with Gasteiger partial charge < -0.3 is 9.52 Å². The van der Waals surface area contributed by atoms with E-state index in [0.29, 0.717) is 12.2 Å². The van der Waals surface area contributed by atoms with Gasteiger partial charge in [0.05, 0.1) is 0 Å². The number of rotatable bonds is 3. The van der Waals surface area contributed by atoms with Gasteiger partial charge in [0.1, 0.15) is 17.6 Å². The monoisotopic (exact) mass is 164 g/mol. The second-order valence-electron chi connectivity index (χ2n) is 2.58. The Balaban J connectivity index is 2.69. The fraction of sp³-hybridized carbons (Fsp3) is 0.400. The molecule has 0 aromatic carbocycles.